The Bertz CT molecular complexity index is 497. The van der Waals surface area contributed by atoms with Gasteiger partial charge in [0.05, 0.1) is 6.61 Å². The highest BCUT2D eigenvalue weighted by Crippen LogP contribution is 2.21. The summed E-state index contributed by atoms with van der Waals surface area (Å²) < 4.78 is 10.7. The molecule has 120 valence electrons. The van der Waals surface area contributed by atoms with E-state index in [1.807, 2.05) is 30.3 Å². The standard InChI is InChI=1S/C16H21NO5/c18-14(7-4-10-22-13-5-2-1-3-6-13)17-16(15(19)20)8-11-21-12-9-16/h1-3,5-6H,4,7-12H2,(H,17,18)(H,19,20). The second kappa shape index (κ2) is 7.79. The summed E-state index contributed by atoms with van der Waals surface area (Å²) in [7, 11) is 0. The molecule has 22 heavy (non-hydrogen) atoms. The minimum atomic E-state index is -1.18. The van der Waals surface area contributed by atoms with Gasteiger partial charge in [-0.05, 0) is 18.6 Å². The Kier molecular flexibility index (Phi) is 5.77. The molecule has 0 saturated carbocycles. The molecule has 0 atom stereocenters. The van der Waals surface area contributed by atoms with Gasteiger partial charge in [-0.15, -0.1) is 0 Å². The predicted octanol–water partition coefficient (Wildman–Crippen LogP) is 1.60. The van der Waals surface area contributed by atoms with E-state index in [9.17, 15) is 14.7 Å². The molecule has 1 amide bonds. The lowest BCUT2D eigenvalue weighted by Crippen LogP contribution is -2.57. The summed E-state index contributed by atoms with van der Waals surface area (Å²) in [5.74, 6) is -0.500. The summed E-state index contributed by atoms with van der Waals surface area (Å²) in [5.41, 5.74) is -1.18. The van der Waals surface area contributed by atoms with Crippen molar-refractivity contribution < 1.29 is 24.2 Å². The number of nitrogens with one attached hydrogen (secondary N) is 1. The van der Waals surface area contributed by atoms with Crippen LogP contribution in [0.5, 0.6) is 5.75 Å². The maximum absolute atomic E-state index is 12.0. The molecule has 1 aromatic carbocycles. The maximum Gasteiger partial charge on any atom is 0.329 e. The Labute approximate surface area is 129 Å². The van der Waals surface area contributed by atoms with E-state index in [0.717, 1.165) is 5.75 Å². The Balaban J connectivity index is 1.73. The second-order valence-electron chi connectivity index (χ2n) is 5.31. The van der Waals surface area contributed by atoms with Gasteiger partial charge in [0.2, 0.25) is 5.91 Å². The number of aliphatic carboxylic acids is 1. The van der Waals surface area contributed by atoms with E-state index in [2.05, 4.69) is 5.32 Å². The number of para-hydroxylation sites is 1. The quantitative estimate of drug-likeness (QED) is 0.747. The zero-order valence-electron chi connectivity index (χ0n) is 12.4. The van der Waals surface area contributed by atoms with Gasteiger partial charge in [-0.1, -0.05) is 18.2 Å². The molecule has 0 aliphatic carbocycles. The zero-order valence-corrected chi connectivity index (χ0v) is 12.4. The normalized spacial score (nSPS) is 16.7. The highest BCUT2D eigenvalue weighted by atomic mass is 16.5. The van der Waals surface area contributed by atoms with Crippen LogP contribution in [-0.4, -0.2) is 42.3 Å². The predicted molar refractivity (Wildman–Crippen MR) is 79.7 cm³/mol. The minimum absolute atomic E-state index is 0.239. The highest BCUT2D eigenvalue weighted by molar-refractivity contribution is 5.87. The lowest BCUT2D eigenvalue weighted by Gasteiger charge is -2.33. The lowest BCUT2D eigenvalue weighted by molar-refractivity contribution is -0.152. The summed E-state index contributed by atoms with van der Waals surface area (Å²) in [6.07, 6.45) is 1.37. The first-order chi connectivity index (χ1) is 10.6. The van der Waals surface area contributed by atoms with Crippen molar-refractivity contribution in [2.75, 3.05) is 19.8 Å². The summed E-state index contributed by atoms with van der Waals surface area (Å²) in [6.45, 7) is 1.12. The number of amides is 1. The molecule has 0 radical (unpaired) electrons. The summed E-state index contributed by atoms with van der Waals surface area (Å²) >= 11 is 0. The van der Waals surface area contributed by atoms with Crippen molar-refractivity contribution in [3.63, 3.8) is 0 Å². The topological polar surface area (TPSA) is 84.9 Å². The minimum Gasteiger partial charge on any atom is -0.494 e. The van der Waals surface area contributed by atoms with Crippen LogP contribution in [0.1, 0.15) is 25.7 Å². The average molecular weight is 307 g/mol. The summed E-state index contributed by atoms with van der Waals surface area (Å²) in [6, 6.07) is 9.36. The van der Waals surface area contributed by atoms with Crippen LogP contribution in [-0.2, 0) is 14.3 Å². The van der Waals surface area contributed by atoms with Gasteiger partial charge in [-0.25, -0.2) is 4.79 Å². The molecule has 6 heteroatoms. The molecule has 1 saturated heterocycles. The second-order valence-corrected chi connectivity index (χ2v) is 5.31. The number of carbonyl (C=O) groups excluding carboxylic acids is 1. The van der Waals surface area contributed by atoms with Gasteiger partial charge < -0.3 is 19.9 Å². The van der Waals surface area contributed by atoms with Crippen molar-refractivity contribution >= 4 is 11.9 Å². The molecule has 0 aromatic heterocycles. The fraction of sp³-hybridized carbons (Fsp3) is 0.500. The molecule has 1 fully saturated rings. The Morgan fingerprint density at radius 1 is 1.23 bits per heavy atom. The number of hydrogen-bond donors (Lipinski definition) is 2. The number of benzene rings is 1. The van der Waals surface area contributed by atoms with Crippen molar-refractivity contribution in [3.05, 3.63) is 30.3 Å². The lowest BCUT2D eigenvalue weighted by atomic mass is 9.90. The molecule has 1 heterocycles. The van der Waals surface area contributed by atoms with E-state index in [-0.39, 0.29) is 12.3 Å². The van der Waals surface area contributed by atoms with Crippen LogP contribution in [0.2, 0.25) is 0 Å². The SMILES string of the molecule is O=C(CCCOc1ccccc1)NC1(C(=O)O)CCOCC1. The molecular weight excluding hydrogens is 286 g/mol. The Hall–Kier alpha value is -2.08. The molecule has 2 N–H and O–H groups in total. The average Bonchev–Trinajstić information content (AvgIpc) is 2.53. The molecule has 1 aromatic rings. The van der Waals surface area contributed by atoms with E-state index < -0.39 is 11.5 Å². The number of carboxylic acids is 1. The first-order valence-electron chi connectivity index (χ1n) is 7.42. The molecule has 0 unspecified atom stereocenters. The van der Waals surface area contributed by atoms with Crippen molar-refractivity contribution in [1.82, 2.24) is 5.32 Å². The molecule has 6 nitrogen and oxygen atoms in total. The molecule has 0 bridgehead atoms. The van der Waals surface area contributed by atoms with Gasteiger partial charge in [0, 0.05) is 32.5 Å². The van der Waals surface area contributed by atoms with Crippen molar-refractivity contribution in [2.24, 2.45) is 0 Å². The maximum atomic E-state index is 12.0. The van der Waals surface area contributed by atoms with E-state index >= 15 is 0 Å². The van der Waals surface area contributed by atoms with Crippen LogP contribution in [0.3, 0.4) is 0 Å². The van der Waals surface area contributed by atoms with E-state index in [0.29, 0.717) is 39.1 Å². The van der Waals surface area contributed by atoms with E-state index in [1.165, 1.54) is 0 Å². The van der Waals surface area contributed by atoms with E-state index in [4.69, 9.17) is 9.47 Å². The van der Waals surface area contributed by atoms with Crippen LogP contribution in [0.15, 0.2) is 30.3 Å². The smallest absolute Gasteiger partial charge is 0.329 e. The van der Waals surface area contributed by atoms with Crippen LogP contribution in [0.4, 0.5) is 0 Å². The molecule has 0 spiro atoms. The van der Waals surface area contributed by atoms with Crippen molar-refractivity contribution in [3.8, 4) is 5.75 Å². The molecule has 1 aliphatic heterocycles. The van der Waals surface area contributed by atoms with Crippen LogP contribution in [0, 0.1) is 0 Å². The largest absolute Gasteiger partial charge is 0.494 e. The zero-order chi connectivity index (χ0) is 15.8. The van der Waals surface area contributed by atoms with Gasteiger partial charge in [0.15, 0.2) is 0 Å². The molecule has 2 rings (SSSR count). The fourth-order valence-corrected chi connectivity index (χ4v) is 2.38. The first kappa shape index (κ1) is 16.3. The number of hydrogen-bond acceptors (Lipinski definition) is 4. The third-order valence-electron chi connectivity index (χ3n) is 3.69. The van der Waals surface area contributed by atoms with Crippen LogP contribution < -0.4 is 10.1 Å². The first-order valence-corrected chi connectivity index (χ1v) is 7.42. The van der Waals surface area contributed by atoms with Gasteiger partial charge >= 0.3 is 5.97 Å². The Morgan fingerprint density at radius 2 is 1.91 bits per heavy atom. The van der Waals surface area contributed by atoms with Gasteiger partial charge in [0.25, 0.3) is 0 Å². The fourth-order valence-electron chi connectivity index (χ4n) is 2.38. The molecule has 1 aliphatic rings. The highest BCUT2D eigenvalue weighted by Gasteiger charge is 2.41. The molecular formula is C16H21NO5. The number of carboxylic acid groups (broad SMARTS) is 1. The van der Waals surface area contributed by atoms with Crippen molar-refractivity contribution in [1.29, 1.82) is 0 Å². The van der Waals surface area contributed by atoms with Crippen LogP contribution >= 0.6 is 0 Å². The number of carbonyl (C=O) groups is 2. The number of rotatable bonds is 7. The van der Waals surface area contributed by atoms with Crippen LogP contribution in [0.25, 0.3) is 0 Å². The number of ether oxygens (including phenoxy) is 2. The van der Waals surface area contributed by atoms with Gasteiger partial charge in [0.1, 0.15) is 11.3 Å². The third-order valence-corrected chi connectivity index (χ3v) is 3.69. The summed E-state index contributed by atoms with van der Waals surface area (Å²) in [4.78, 5) is 23.4. The van der Waals surface area contributed by atoms with E-state index in [1.54, 1.807) is 0 Å². The van der Waals surface area contributed by atoms with Crippen molar-refractivity contribution in [2.45, 2.75) is 31.2 Å². The third kappa shape index (κ3) is 4.46. The monoisotopic (exact) mass is 307 g/mol. The summed E-state index contributed by atoms with van der Waals surface area (Å²) in [5, 5.41) is 12.0. The van der Waals surface area contributed by atoms with Gasteiger partial charge in [-0.3, -0.25) is 4.79 Å². The van der Waals surface area contributed by atoms with Gasteiger partial charge in [-0.2, -0.15) is 0 Å². The Morgan fingerprint density at radius 3 is 2.55 bits per heavy atom.